The molecule has 0 fully saturated rings. The number of hydrogen-bond donors (Lipinski definition) is 2. The number of halogens is 1. The fourth-order valence-corrected chi connectivity index (χ4v) is 1.64. The second-order valence-electron chi connectivity index (χ2n) is 3.79. The number of nitrogen functional groups attached to an aromatic ring is 1. The predicted molar refractivity (Wildman–Crippen MR) is 73.9 cm³/mol. The van der Waals surface area contributed by atoms with E-state index in [1.165, 1.54) is 17.3 Å². The molecule has 2 heterocycles. The van der Waals surface area contributed by atoms with Gasteiger partial charge in [0.25, 0.3) is 5.95 Å². The van der Waals surface area contributed by atoms with Crippen LogP contribution in [0.5, 0.6) is 0 Å². The molecule has 3 aromatic rings. The SMILES string of the molecule is Nc1nc(Nc2ccc(Cl)cc2)nc(-n2cncn2)n1. The summed E-state index contributed by atoms with van der Waals surface area (Å²) in [4.78, 5) is 16.0. The maximum atomic E-state index is 5.83. The lowest BCUT2D eigenvalue weighted by molar-refractivity contribution is 0.800. The first kappa shape index (κ1) is 12.3. The highest BCUT2D eigenvalue weighted by molar-refractivity contribution is 6.30. The lowest BCUT2D eigenvalue weighted by atomic mass is 10.3. The molecule has 0 aliphatic rings. The molecule has 0 saturated heterocycles. The molecular formula is C11H9ClN8. The number of benzene rings is 1. The summed E-state index contributed by atoms with van der Waals surface area (Å²) in [7, 11) is 0. The maximum Gasteiger partial charge on any atom is 0.258 e. The van der Waals surface area contributed by atoms with Gasteiger partial charge in [-0.05, 0) is 24.3 Å². The molecule has 3 N–H and O–H groups in total. The lowest BCUT2D eigenvalue weighted by Gasteiger charge is -2.06. The van der Waals surface area contributed by atoms with Crippen LogP contribution in [0.2, 0.25) is 5.02 Å². The van der Waals surface area contributed by atoms with Crippen LogP contribution in [0, 0.1) is 0 Å². The highest BCUT2D eigenvalue weighted by Crippen LogP contribution is 2.17. The van der Waals surface area contributed by atoms with Gasteiger partial charge in [-0.2, -0.15) is 24.7 Å². The van der Waals surface area contributed by atoms with Gasteiger partial charge in [0.05, 0.1) is 0 Å². The third-order valence-electron chi connectivity index (χ3n) is 2.36. The summed E-state index contributed by atoms with van der Waals surface area (Å²) >= 11 is 5.83. The fourth-order valence-electron chi connectivity index (χ4n) is 1.51. The Morgan fingerprint density at radius 3 is 2.60 bits per heavy atom. The molecule has 20 heavy (non-hydrogen) atoms. The highest BCUT2D eigenvalue weighted by atomic mass is 35.5. The Bertz CT molecular complexity index is 710. The van der Waals surface area contributed by atoms with Crippen LogP contribution in [0.25, 0.3) is 5.95 Å². The fraction of sp³-hybridized carbons (Fsp3) is 0. The molecule has 0 bridgehead atoms. The van der Waals surface area contributed by atoms with Gasteiger partial charge < -0.3 is 11.1 Å². The molecule has 0 spiro atoms. The summed E-state index contributed by atoms with van der Waals surface area (Å²) in [5.74, 6) is 0.679. The Labute approximate surface area is 118 Å². The summed E-state index contributed by atoms with van der Waals surface area (Å²) in [6, 6.07) is 7.12. The van der Waals surface area contributed by atoms with Gasteiger partial charge in [-0.1, -0.05) is 11.6 Å². The van der Waals surface area contributed by atoms with Gasteiger partial charge in [0.2, 0.25) is 11.9 Å². The number of nitrogens with one attached hydrogen (secondary N) is 1. The van der Waals surface area contributed by atoms with Crippen LogP contribution in [-0.4, -0.2) is 29.7 Å². The minimum absolute atomic E-state index is 0.0852. The molecule has 0 atom stereocenters. The van der Waals surface area contributed by atoms with Crippen LogP contribution in [0.1, 0.15) is 0 Å². The molecule has 0 radical (unpaired) electrons. The van der Waals surface area contributed by atoms with E-state index >= 15 is 0 Å². The smallest absolute Gasteiger partial charge is 0.258 e. The van der Waals surface area contributed by atoms with Crippen molar-refractivity contribution in [2.45, 2.75) is 0 Å². The van der Waals surface area contributed by atoms with E-state index in [1.807, 2.05) is 0 Å². The number of aromatic nitrogens is 6. The van der Waals surface area contributed by atoms with Gasteiger partial charge >= 0.3 is 0 Å². The van der Waals surface area contributed by atoms with Crippen molar-refractivity contribution in [3.05, 3.63) is 41.9 Å². The van der Waals surface area contributed by atoms with Crippen molar-refractivity contribution in [1.82, 2.24) is 29.7 Å². The second-order valence-corrected chi connectivity index (χ2v) is 4.23. The standard InChI is InChI=1S/C11H9ClN8/c12-7-1-3-8(4-2-7)16-10-17-9(13)18-11(19-10)20-6-14-5-15-20/h1-6H,(H3,13,16,17,18,19). The number of nitrogens with two attached hydrogens (primary N) is 1. The number of rotatable bonds is 3. The zero-order valence-electron chi connectivity index (χ0n) is 10.1. The molecule has 0 saturated carbocycles. The van der Waals surface area contributed by atoms with Gasteiger partial charge in [0.1, 0.15) is 12.7 Å². The summed E-state index contributed by atoms with van der Waals surface area (Å²) in [5, 5.41) is 7.60. The zero-order valence-corrected chi connectivity index (χ0v) is 10.9. The predicted octanol–water partition coefficient (Wildman–Crippen LogP) is 1.43. The first-order chi connectivity index (χ1) is 9.70. The molecule has 1 aromatic carbocycles. The quantitative estimate of drug-likeness (QED) is 0.750. The molecule has 2 aromatic heterocycles. The summed E-state index contributed by atoms with van der Waals surface area (Å²) < 4.78 is 1.39. The Balaban J connectivity index is 1.92. The maximum absolute atomic E-state index is 5.83. The van der Waals surface area contributed by atoms with Crippen LogP contribution >= 0.6 is 11.6 Å². The first-order valence-corrected chi connectivity index (χ1v) is 5.98. The van der Waals surface area contributed by atoms with E-state index in [9.17, 15) is 0 Å². The van der Waals surface area contributed by atoms with Crippen molar-refractivity contribution in [3.8, 4) is 5.95 Å². The minimum atomic E-state index is 0.0852. The lowest BCUT2D eigenvalue weighted by Crippen LogP contribution is -2.09. The van der Waals surface area contributed by atoms with E-state index in [2.05, 4.69) is 30.4 Å². The van der Waals surface area contributed by atoms with Crippen molar-refractivity contribution in [2.24, 2.45) is 0 Å². The number of nitrogens with zero attached hydrogens (tertiary/aromatic N) is 6. The Morgan fingerprint density at radius 2 is 1.90 bits per heavy atom. The average molecular weight is 289 g/mol. The molecule has 100 valence electrons. The Morgan fingerprint density at radius 1 is 1.10 bits per heavy atom. The Kier molecular flexibility index (Phi) is 3.13. The summed E-state index contributed by atoms with van der Waals surface area (Å²) in [6.07, 6.45) is 2.85. The van der Waals surface area contributed by atoms with Gasteiger partial charge in [-0.3, -0.25) is 0 Å². The van der Waals surface area contributed by atoms with Crippen molar-refractivity contribution in [3.63, 3.8) is 0 Å². The molecule has 8 nitrogen and oxygen atoms in total. The van der Waals surface area contributed by atoms with Crippen molar-refractivity contribution >= 4 is 29.2 Å². The van der Waals surface area contributed by atoms with Crippen LogP contribution in [0.15, 0.2) is 36.9 Å². The molecule has 0 amide bonds. The van der Waals surface area contributed by atoms with E-state index in [0.29, 0.717) is 11.0 Å². The second kappa shape index (κ2) is 5.10. The third-order valence-corrected chi connectivity index (χ3v) is 2.62. The number of hydrogen-bond acceptors (Lipinski definition) is 7. The third kappa shape index (κ3) is 2.64. The van der Waals surface area contributed by atoms with E-state index in [0.717, 1.165) is 5.69 Å². The topological polar surface area (TPSA) is 107 Å². The summed E-state index contributed by atoms with van der Waals surface area (Å²) in [6.45, 7) is 0. The number of anilines is 3. The van der Waals surface area contributed by atoms with E-state index in [-0.39, 0.29) is 11.9 Å². The van der Waals surface area contributed by atoms with Crippen LogP contribution < -0.4 is 11.1 Å². The van der Waals surface area contributed by atoms with Gasteiger partial charge in [-0.25, -0.2) is 4.98 Å². The van der Waals surface area contributed by atoms with E-state index in [4.69, 9.17) is 17.3 Å². The van der Waals surface area contributed by atoms with Gasteiger partial charge in [-0.15, -0.1) is 0 Å². The van der Waals surface area contributed by atoms with Crippen LogP contribution in [-0.2, 0) is 0 Å². The van der Waals surface area contributed by atoms with Gasteiger partial charge in [0, 0.05) is 10.7 Å². The highest BCUT2D eigenvalue weighted by Gasteiger charge is 2.07. The van der Waals surface area contributed by atoms with Gasteiger partial charge in [0.15, 0.2) is 0 Å². The molecular weight excluding hydrogens is 280 g/mol. The molecule has 0 aliphatic carbocycles. The van der Waals surface area contributed by atoms with Crippen molar-refractivity contribution in [1.29, 1.82) is 0 Å². The first-order valence-electron chi connectivity index (χ1n) is 5.60. The van der Waals surface area contributed by atoms with Crippen molar-refractivity contribution in [2.75, 3.05) is 11.1 Å². The average Bonchev–Trinajstić information content (AvgIpc) is 2.95. The molecule has 0 unspecified atom stereocenters. The van der Waals surface area contributed by atoms with Crippen molar-refractivity contribution < 1.29 is 0 Å². The van der Waals surface area contributed by atoms with E-state index in [1.54, 1.807) is 24.3 Å². The normalized spacial score (nSPS) is 10.4. The molecule has 3 rings (SSSR count). The summed E-state index contributed by atoms with van der Waals surface area (Å²) in [5.41, 5.74) is 6.44. The van der Waals surface area contributed by atoms with Crippen LogP contribution in [0.3, 0.4) is 0 Å². The monoisotopic (exact) mass is 288 g/mol. The zero-order chi connectivity index (χ0) is 13.9. The van der Waals surface area contributed by atoms with E-state index < -0.39 is 0 Å². The minimum Gasteiger partial charge on any atom is -0.368 e. The molecule has 9 heteroatoms. The van der Waals surface area contributed by atoms with Crippen LogP contribution in [0.4, 0.5) is 17.6 Å². The Hall–Kier alpha value is -2.74. The molecule has 0 aliphatic heterocycles. The largest absolute Gasteiger partial charge is 0.368 e.